The summed E-state index contributed by atoms with van der Waals surface area (Å²) < 4.78 is 0. The number of piperidine rings is 1. The predicted octanol–water partition coefficient (Wildman–Crippen LogP) is 2.03. The van der Waals surface area contributed by atoms with Gasteiger partial charge in [0.2, 0.25) is 0 Å². The van der Waals surface area contributed by atoms with Gasteiger partial charge in [0.05, 0.1) is 0 Å². The molecule has 0 spiro atoms. The van der Waals surface area contributed by atoms with E-state index in [1.165, 1.54) is 25.7 Å². The Morgan fingerprint density at radius 1 is 1.44 bits per heavy atom. The van der Waals surface area contributed by atoms with E-state index in [1.807, 2.05) is 0 Å². The van der Waals surface area contributed by atoms with Gasteiger partial charge in [0.15, 0.2) is 0 Å². The quantitative estimate of drug-likeness (QED) is 0.721. The van der Waals surface area contributed by atoms with Crippen LogP contribution in [-0.2, 0) is 0 Å². The molecule has 0 radical (unpaired) electrons. The van der Waals surface area contributed by atoms with Gasteiger partial charge in [0.1, 0.15) is 5.60 Å². The summed E-state index contributed by atoms with van der Waals surface area (Å²) in [5.41, 5.74) is -0.824. The summed E-state index contributed by atoms with van der Waals surface area (Å²) in [5.74, 6) is 2.98. The zero-order valence-electron chi connectivity index (χ0n) is 10.3. The van der Waals surface area contributed by atoms with E-state index in [1.54, 1.807) is 0 Å². The van der Waals surface area contributed by atoms with Crippen molar-refractivity contribution >= 4 is 0 Å². The summed E-state index contributed by atoms with van der Waals surface area (Å²) in [6, 6.07) is 0.531. The summed E-state index contributed by atoms with van der Waals surface area (Å²) in [6.07, 6.45) is 12.3. The number of rotatable bonds is 2. The van der Waals surface area contributed by atoms with Crippen molar-refractivity contribution in [2.75, 3.05) is 13.1 Å². The first-order valence-electron chi connectivity index (χ1n) is 6.65. The van der Waals surface area contributed by atoms with Crippen molar-refractivity contribution < 1.29 is 5.11 Å². The molecule has 1 aliphatic carbocycles. The van der Waals surface area contributed by atoms with Crippen molar-refractivity contribution in [2.24, 2.45) is 5.92 Å². The molecule has 1 heterocycles. The van der Waals surface area contributed by atoms with Gasteiger partial charge in [0, 0.05) is 24.9 Å². The Morgan fingerprint density at radius 2 is 2.19 bits per heavy atom. The average Bonchev–Trinajstić information content (AvgIpc) is 2.34. The predicted molar refractivity (Wildman–Crippen MR) is 66.0 cm³/mol. The first-order valence-corrected chi connectivity index (χ1v) is 6.65. The van der Waals surface area contributed by atoms with Gasteiger partial charge in [-0.15, -0.1) is 6.42 Å². The first-order chi connectivity index (χ1) is 7.71. The van der Waals surface area contributed by atoms with E-state index in [2.05, 4.69) is 17.7 Å². The molecular weight excluding hydrogens is 198 g/mol. The van der Waals surface area contributed by atoms with Crippen molar-refractivity contribution in [3.8, 4) is 12.3 Å². The van der Waals surface area contributed by atoms with Crippen molar-refractivity contribution in [3.05, 3.63) is 0 Å². The molecule has 2 rings (SSSR count). The molecule has 2 heteroatoms. The van der Waals surface area contributed by atoms with Crippen molar-refractivity contribution in [3.63, 3.8) is 0 Å². The van der Waals surface area contributed by atoms with Crippen LogP contribution >= 0.6 is 0 Å². The Labute approximate surface area is 99.0 Å². The van der Waals surface area contributed by atoms with E-state index >= 15 is 0 Å². The molecular formula is C14H23NO. The number of likely N-dealkylation sites (tertiary alicyclic amines) is 1. The van der Waals surface area contributed by atoms with Crippen LogP contribution in [0.5, 0.6) is 0 Å². The molecule has 0 aromatic rings. The minimum Gasteiger partial charge on any atom is -0.377 e. The summed E-state index contributed by atoms with van der Waals surface area (Å²) in [5, 5.41) is 10.5. The average molecular weight is 221 g/mol. The van der Waals surface area contributed by atoms with Crippen LogP contribution in [-0.4, -0.2) is 34.7 Å². The lowest BCUT2D eigenvalue weighted by atomic mass is 9.69. The van der Waals surface area contributed by atoms with Gasteiger partial charge in [0.25, 0.3) is 0 Å². The molecule has 1 N–H and O–H groups in total. The van der Waals surface area contributed by atoms with Crippen molar-refractivity contribution in [1.82, 2.24) is 4.90 Å². The van der Waals surface area contributed by atoms with Crippen LogP contribution in [0.15, 0.2) is 0 Å². The highest BCUT2D eigenvalue weighted by Gasteiger charge is 2.46. The molecule has 2 nitrogen and oxygen atoms in total. The number of hydrogen-bond donors (Lipinski definition) is 1. The second-order valence-corrected chi connectivity index (χ2v) is 5.31. The molecule has 0 aromatic heterocycles. The second-order valence-electron chi connectivity index (χ2n) is 5.31. The Balaban J connectivity index is 2.15. The second kappa shape index (κ2) is 4.77. The topological polar surface area (TPSA) is 23.5 Å². The SMILES string of the molecule is C#CC1(O)CCN(CCC)C2CCCCC21. The number of nitrogens with zero attached hydrogens (tertiary/aromatic N) is 1. The van der Waals surface area contributed by atoms with Crippen LogP contribution in [0.25, 0.3) is 0 Å². The van der Waals surface area contributed by atoms with Crippen LogP contribution < -0.4 is 0 Å². The highest BCUT2D eigenvalue weighted by Crippen LogP contribution is 2.41. The Hall–Kier alpha value is -0.520. The van der Waals surface area contributed by atoms with Gasteiger partial charge in [-0.2, -0.15) is 0 Å². The molecule has 3 atom stereocenters. The van der Waals surface area contributed by atoms with E-state index in [0.29, 0.717) is 12.0 Å². The zero-order valence-corrected chi connectivity index (χ0v) is 10.3. The zero-order chi connectivity index (χ0) is 11.6. The van der Waals surface area contributed by atoms with E-state index < -0.39 is 5.60 Å². The Bertz CT molecular complexity index is 283. The number of aliphatic hydroxyl groups is 1. The molecule has 1 aliphatic heterocycles. The van der Waals surface area contributed by atoms with Crippen LogP contribution in [0.1, 0.15) is 45.4 Å². The molecule has 3 unspecified atom stereocenters. The molecule has 0 bridgehead atoms. The lowest BCUT2D eigenvalue weighted by Gasteiger charge is -2.50. The third kappa shape index (κ3) is 1.99. The number of hydrogen-bond acceptors (Lipinski definition) is 2. The molecule has 1 saturated heterocycles. The third-order valence-electron chi connectivity index (χ3n) is 4.35. The van der Waals surface area contributed by atoms with Gasteiger partial charge in [-0.1, -0.05) is 25.7 Å². The molecule has 2 aliphatic rings. The van der Waals surface area contributed by atoms with Gasteiger partial charge in [-0.3, -0.25) is 4.90 Å². The molecule has 0 amide bonds. The van der Waals surface area contributed by atoms with Crippen molar-refractivity contribution in [2.45, 2.75) is 57.1 Å². The Kier molecular flexibility index (Phi) is 3.56. The maximum absolute atomic E-state index is 10.5. The molecule has 1 saturated carbocycles. The lowest BCUT2D eigenvalue weighted by molar-refractivity contribution is -0.0779. The highest BCUT2D eigenvalue weighted by atomic mass is 16.3. The van der Waals surface area contributed by atoms with Crippen molar-refractivity contribution in [1.29, 1.82) is 0 Å². The summed E-state index contributed by atoms with van der Waals surface area (Å²) in [6.45, 7) is 4.34. The highest BCUT2D eigenvalue weighted by molar-refractivity contribution is 5.16. The molecule has 16 heavy (non-hydrogen) atoms. The normalized spacial score (nSPS) is 40.1. The van der Waals surface area contributed by atoms with Crippen LogP contribution in [0.3, 0.4) is 0 Å². The monoisotopic (exact) mass is 221 g/mol. The minimum absolute atomic E-state index is 0.312. The first kappa shape index (κ1) is 12.0. The minimum atomic E-state index is -0.824. The smallest absolute Gasteiger partial charge is 0.130 e. The van der Waals surface area contributed by atoms with Gasteiger partial charge in [-0.05, 0) is 25.8 Å². The largest absolute Gasteiger partial charge is 0.377 e. The fourth-order valence-corrected chi connectivity index (χ4v) is 3.51. The van der Waals surface area contributed by atoms with Crippen LogP contribution in [0, 0.1) is 18.3 Å². The number of fused-ring (bicyclic) bond motifs is 1. The standard InChI is InChI=1S/C14H23NO/c1-3-10-15-11-9-14(16,4-2)12-7-5-6-8-13(12)15/h2,12-13,16H,3,5-11H2,1H3. The van der Waals surface area contributed by atoms with E-state index in [-0.39, 0.29) is 0 Å². The maximum atomic E-state index is 10.5. The fraction of sp³-hybridized carbons (Fsp3) is 0.857. The maximum Gasteiger partial charge on any atom is 0.130 e. The van der Waals surface area contributed by atoms with E-state index in [4.69, 9.17) is 6.42 Å². The van der Waals surface area contributed by atoms with E-state index in [9.17, 15) is 5.11 Å². The molecule has 2 fully saturated rings. The van der Waals surface area contributed by atoms with Crippen LogP contribution in [0.4, 0.5) is 0 Å². The summed E-state index contributed by atoms with van der Waals surface area (Å²) in [4.78, 5) is 2.55. The molecule has 90 valence electrons. The summed E-state index contributed by atoms with van der Waals surface area (Å²) in [7, 11) is 0. The third-order valence-corrected chi connectivity index (χ3v) is 4.35. The number of terminal acetylenes is 1. The lowest BCUT2D eigenvalue weighted by Crippen LogP contribution is -2.58. The van der Waals surface area contributed by atoms with Gasteiger partial charge in [-0.25, -0.2) is 0 Å². The van der Waals surface area contributed by atoms with Gasteiger partial charge < -0.3 is 5.11 Å². The molecule has 0 aromatic carbocycles. The van der Waals surface area contributed by atoms with Crippen LogP contribution in [0.2, 0.25) is 0 Å². The fourth-order valence-electron chi connectivity index (χ4n) is 3.51. The van der Waals surface area contributed by atoms with Gasteiger partial charge >= 0.3 is 0 Å². The Morgan fingerprint density at radius 3 is 2.88 bits per heavy atom. The van der Waals surface area contributed by atoms with E-state index in [0.717, 1.165) is 25.9 Å². The summed E-state index contributed by atoms with van der Waals surface area (Å²) >= 11 is 0.